The summed E-state index contributed by atoms with van der Waals surface area (Å²) in [6.07, 6.45) is 3.96. The van der Waals surface area contributed by atoms with Crippen molar-refractivity contribution in [2.75, 3.05) is 5.32 Å². The molecular weight excluding hydrogens is 225 g/mol. The van der Waals surface area contributed by atoms with Crippen LogP contribution >= 0.6 is 24.8 Å². The third kappa shape index (κ3) is 2.35. The largest absolute Gasteiger partial charge is 0.324 e. The highest BCUT2D eigenvalue weighted by Gasteiger charge is 2.21. The standard InChI is InChI=1S/C8H9N3O.2ClH/c9-6-3-5-4-10-2-1-7(5)11-8(6)12;;/h1-2,4,6H,3,9H2,(H,11,12);2*1H. The SMILES string of the molecule is Cl.Cl.NC1Cc2cnccc2NC1=O. The lowest BCUT2D eigenvalue weighted by molar-refractivity contribution is -0.117. The van der Waals surface area contributed by atoms with Gasteiger partial charge in [-0.1, -0.05) is 0 Å². The molecule has 0 spiro atoms. The summed E-state index contributed by atoms with van der Waals surface area (Å²) in [4.78, 5) is 15.1. The van der Waals surface area contributed by atoms with Crippen LogP contribution in [0.4, 0.5) is 5.69 Å². The summed E-state index contributed by atoms with van der Waals surface area (Å²) in [5.74, 6) is -0.117. The second-order valence-electron chi connectivity index (χ2n) is 2.83. The number of pyridine rings is 1. The lowest BCUT2D eigenvalue weighted by Gasteiger charge is -2.20. The Hall–Kier alpha value is -0.840. The molecule has 0 bridgehead atoms. The number of carbonyl (C=O) groups is 1. The predicted molar refractivity (Wildman–Crippen MR) is 59.0 cm³/mol. The van der Waals surface area contributed by atoms with Gasteiger partial charge in [-0.05, 0) is 11.6 Å². The van der Waals surface area contributed by atoms with Crippen LogP contribution in [-0.2, 0) is 11.2 Å². The number of amides is 1. The molecule has 1 aliphatic rings. The topological polar surface area (TPSA) is 68.0 Å². The molecule has 0 aliphatic carbocycles. The maximum Gasteiger partial charge on any atom is 0.241 e. The molecule has 1 unspecified atom stereocenters. The minimum absolute atomic E-state index is 0. The Morgan fingerprint density at radius 1 is 1.50 bits per heavy atom. The lowest BCUT2D eigenvalue weighted by atomic mass is 10.0. The molecule has 1 aliphatic heterocycles. The van der Waals surface area contributed by atoms with Gasteiger partial charge in [0, 0.05) is 24.5 Å². The van der Waals surface area contributed by atoms with Gasteiger partial charge in [-0.25, -0.2) is 0 Å². The molecule has 14 heavy (non-hydrogen) atoms. The average molecular weight is 236 g/mol. The molecule has 2 heterocycles. The van der Waals surface area contributed by atoms with Gasteiger partial charge in [-0.15, -0.1) is 24.8 Å². The molecule has 78 valence electrons. The summed E-state index contributed by atoms with van der Waals surface area (Å²) in [6, 6.07) is 1.35. The highest BCUT2D eigenvalue weighted by Crippen LogP contribution is 2.19. The Labute approximate surface area is 94.1 Å². The average Bonchev–Trinajstić information content (AvgIpc) is 2.07. The van der Waals surface area contributed by atoms with Crippen molar-refractivity contribution in [3.05, 3.63) is 24.0 Å². The summed E-state index contributed by atoms with van der Waals surface area (Å²) in [5.41, 5.74) is 7.39. The second kappa shape index (κ2) is 5.14. The first-order valence-electron chi connectivity index (χ1n) is 3.77. The summed E-state index contributed by atoms with van der Waals surface area (Å²) in [5, 5.41) is 2.71. The minimum Gasteiger partial charge on any atom is -0.324 e. The summed E-state index contributed by atoms with van der Waals surface area (Å²) < 4.78 is 0. The van der Waals surface area contributed by atoms with E-state index in [1.807, 2.05) is 0 Å². The van der Waals surface area contributed by atoms with Crippen LogP contribution in [0.5, 0.6) is 0 Å². The molecule has 2 rings (SSSR count). The van der Waals surface area contributed by atoms with Crippen LogP contribution in [-0.4, -0.2) is 16.9 Å². The number of aromatic nitrogens is 1. The highest BCUT2D eigenvalue weighted by atomic mass is 35.5. The van der Waals surface area contributed by atoms with Crippen LogP contribution in [0.1, 0.15) is 5.56 Å². The zero-order chi connectivity index (χ0) is 8.55. The van der Waals surface area contributed by atoms with Crippen molar-refractivity contribution in [1.82, 2.24) is 4.98 Å². The third-order valence-corrected chi connectivity index (χ3v) is 1.94. The quantitative estimate of drug-likeness (QED) is 0.698. The maximum atomic E-state index is 11.1. The van der Waals surface area contributed by atoms with Gasteiger partial charge in [0.2, 0.25) is 5.91 Å². The second-order valence-corrected chi connectivity index (χ2v) is 2.83. The van der Waals surface area contributed by atoms with E-state index in [1.165, 1.54) is 0 Å². The number of nitrogens with one attached hydrogen (secondary N) is 1. The molecular formula is C8H11Cl2N3O. The van der Waals surface area contributed by atoms with Crippen molar-refractivity contribution in [2.24, 2.45) is 5.73 Å². The van der Waals surface area contributed by atoms with Gasteiger partial charge in [-0.2, -0.15) is 0 Å². The number of halogens is 2. The normalized spacial score (nSPS) is 18.4. The van der Waals surface area contributed by atoms with E-state index in [9.17, 15) is 4.79 Å². The number of hydrogen-bond acceptors (Lipinski definition) is 3. The fourth-order valence-electron chi connectivity index (χ4n) is 1.27. The van der Waals surface area contributed by atoms with Gasteiger partial charge in [0.25, 0.3) is 0 Å². The van der Waals surface area contributed by atoms with Gasteiger partial charge in [0.05, 0.1) is 6.04 Å². The molecule has 1 amide bonds. The Balaban J connectivity index is 0.000000845. The van der Waals surface area contributed by atoms with Crippen molar-refractivity contribution in [3.63, 3.8) is 0 Å². The Morgan fingerprint density at radius 3 is 2.93 bits per heavy atom. The number of nitrogens with two attached hydrogens (primary N) is 1. The summed E-state index contributed by atoms with van der Waals surface area (Å²) in [7, 11) is 0. The zero-order valence-electron chi connectivity index (χ0n) is 7.27. The van der Waals surface area contributed by atoms with Gasteiger partial charge in [0.15, 0.2) is 0 Å². The minimum atomic E-state index is -0.429. The smallest absolute Gasteiger partial charge is 0.241 e. The first-order chi connectivity index (χ1) is 5.77. The van der Waals surface area contributed by atoms with Gasteiger partial charge >= 0.3 is 0 Å². The lowest BCUT2D eigenvalue weighted by Crippen LogP contribution is -2.41. The molecule has 0 fully saturated rings. The number of rotatable bonds is 0. The molecule has 1 aromatic heterocycles. The Bertz CT molecular complexity index is 332. The fourth-order valence-corrected chi connectivity index (χ4v) is 1.27. The number of carbonyl (C=O) groups excluding carboxylic acids is 1. The molecule has 4 nitrogen and oxygen atoms in total. The van der Waals surface area contributed by atoms with E-state index in [0.29, 0.717) is 6.42 Å². The van der Waals surface area contributed by atoms with Crippen LogP contribution in [0.2, 0.25) is 0 Å². The predicted octanol–water partition coefficient (Wildman–Crippen LogP) is 0.747. The van der Waals surface area contributed by atoms with Crippen LogP contribution in [0, 0.1) is 0 Å². The first-order valence-corrected chi connectivity index (χ1v) is 3.77. The van der Waals surface area contributed by atoms with Crippen molar-refractivity contribution in [1.29, 1.82) is 0 Å². The van der Waals surface area contributed by atoms with Crippen molar-refractivity contribution >= 4 is 36.4 Å². The molecule has 0 saturated heterocycles. The number of hydrogen-bond donors (Lipinski definition) is 2. The van der Waals surface area contributed by atoms with Crippen molar-refractivity contribution in [3.8, 4) is 0 Å². The van der Waals surface area contributed by atoms with E-state index in [2.05, 4.69) is 10.3 Å². The van der Waals surface area contributed by atoms with E-state index < -0.39 is 6.04 Å². The van der Waals surface area contributed by atoms with Crippen LogP contribution in [0.25, 0.3) is 0 Å². The van der Waals surface area contributed by atoms with Crippen molar-refractivity contribution < 1.29 is 4.79 Å². The van der Waals surface area contributed by atoms with E-state index >= 15 is 0 Å². The molecule has 1 aromatic rings. The van der Waals surface area contributed by atoms with Crippen LogP contribution < -0.4 is 11.1 Å². The van der Waals surface area contributed by atoms with Crippen LogP contribution in [0.3, 0.4) is 0 Å². The molecule has 1 atom stereocenters. The monoisotopic (exact) mass is 235 g/mol. The maximum absolute atomic E-state index is 11.1. The summed E-state index contributed by atoms with van der Waals surface area (Å²) in [6.45, 7) is 0. The molecule has 0 radical (unpaired) electrons. The van der Waals surface area contributed by atoms with E-state index in [4.69, 9.17) is 5.73 Å². The number of fused-ring (bicyclic) bond motifs is 1. The van der Waals surface area contributed by atoms with Gasteiger partial charge in [-0.3, -0.25) is 9.78 Å². The van der Waals surface area contributed by atoms with Crippen LogP contribution in [0.15, 0.2) is 18.5 Å². The number of nitrogens with zero attached hydrogens (tertiary/aromatic N) is 1. The fraction of sp³-hybridized carbons (Fsp3) is 0.250. The van der Waals surface area contributed by atoms with E-state index in [1.54, 1.807) is 18.5 Å². The van der Waals surface area contributed by atoms with E-state index in [0.717, 1.165) is 11.3 Å². The number of anilines is 1. The van der Waals surface area contributed by atoms with Crippen molar-refractivity contribution in [2.45, 2.75) is 12.5 Å². The molecule has 0 aromatic carbocycles. The first kappa shape index (κ1) is 13.2. The summed E-state index contributed by atoms with van der Waals surface area (Å²) >= 11 is 0. The highest BCUT2D eigenvalue weighted by molar-refractivity contribution is 5.97. The molecule has 3 N–H and O–H groups in total. The molecule has 6 heteroatoms. The van der Waals surface area contributed by atoms with Gasteiger partial charge in [0.1, 0.15) is 0 Å². The Morgan fingerprint density at radius 2 is 2.21 bits per heavy atom. The Kier molecular flexibility index (Phi) is 4.83. The molecule has 0 saturated carbocycles. The third-order valence-electron chi connectivity index (χ3n) is 1.94. The van der Waals surface area contributed by atoms with Gasteiger partial charge < -0.3 is 11.1 Å². The van der Waals surface area contributed by atoms with E-state index in [-0.39, 0.29) is 30.7 Å². The zero-order valence-corrected chi connectivity index (χ0v) is 8.90.